The molecule has 0 bridgehead atoms. The Morgan fingerprint density at radius 1 is 1.12 bits per heavy atom. The summed E-state index contributed by atoms with van der Waals surface area (Å²) >= 11 is 0. The molecule has 0 aromatic heterocycles. The Bertz CT molecular complexity index is 169. The summed E-state index contributed by atoms with van der Waals surface area (Å²) in [7, 11) is 0. The second kappa shape index (κ2) is 8.04. The van der Waals surface area contributed by atoms with Crippen LogP contribution in [0.2, 0.25) is 0 Å². The van der Waals surface area contributed by atoms with Crippen molar-refractivity contribution >= 4 is 0 Å². The fraction of sp³-hybridized carbons (Fsp3) is 1.00. The lowest BCUT2D eigenvalue weighted by molar-refractivity contribution is -0.0887. The van der Waals surface area contributed by atoms with Gasteiger partial charge in [-0.1, -0.05) is 27.2 Å². The molecule has 0 spiro atoms. The average Bonchev–Trinajstić information content (AvgIpc) is 2.26. The Morgan fingerprint density at radius 3 is 2.25 bits per heavy atom. The Labute approximate surface area is 100 Å². The lowest BCUT2D eigenvalue weighted by Gasteiger charge is -2.35. The zero-order chi connectivity index (χ0) is 12.6. The van der Waals surface area contributed by atoms with Crippen molar-refractivity contribution < 1.29 is 14.6 Å². The van der Waals surface area contributed by atoms with Crippen LogP contribution in [0.25, 0.3) is 0 Å². The molecule has 3 nitrogen and oxygen atoms in total. The molecule has 0 aliphatic rings. The molecule has 2 unspecified atom stereocenters. The van der Waals surface area contributed by atoms with E-state index in [-0.39, 0.29) is 12.2 Å². The lowest BCUT2D eigenvalue weighted by atomic mass is 9.81. The standard InChI is InChI=1S/C13H28O3/c1-6-11(2)12(3)13(4,5)16-10-9-15-8-7-14/h11-12,14H,6-10H2,1-5H3. The van der Waals surface area contributed by atoms with Crippen LogP contribution in [0.1, 0.15) is 41.0 Å². The van der Waals surface area contributed by atoms with Crippen molar-refractivity contribution in [3.05, 3.63) is 0 Å². The molecule has 0 rings (SSSR count). The van der Waals surface area contributed by atoms with Crippen LogP contribution in [-0.2, 0) is 9.47 Å². The first-order chi connectivity index (χ1) is 7.45. The first-order valence-electron chi connectivity index (χ1n) is 6.28. The summed E-state index contributed by atoms with van der Waals surface area (Å²) in [6.07, 6.45) is 1.18. The SMILES string of the molecule is CCC(C)C(C)C(C)(C)OCCOCCO. The van der Waals surface area contributed by atoms with Gasteiger partial charge in [0.15, 0.2) is 0 Å². The van der Waals surface area contributed by atoms with Crippen LogP contribution in [0.3, 0.4) is 0 Å². The van der Waals surface area contributed by atoms with Crippen molar-refractivity contribution in [3.8, 4) is 0 Å². The third kappa shape index (κ3) is 5.83. The summed E-state index contributed by atoms with van der Waals surface area (Å²) in [6, 6.07) is 0. The smallest absolute Gasteiger partial charge is 0.0707 e. The molecule has 1 N–H and O–H groups in total. The second-order valence-corrected chi connectivity index (χ2v) is 4.96. The molecule has 0 aromatic carbocycles. The van der Waals surface area contributed by atoms with E-state index >= 15 is 0 Å². The number of aliphatic hydroxyl groups excluding tert-OH is 1. The van der Waals surface area contributed by atoms with Gasteiger partial charge in [-0.25, -0.2) is 0 Å². The molecular weight excluding hydrogens is 204 g/mol. The van der Waals surface area contributed by atoms with E-state index in [1.165, 1.54) is 6.42 Å². The summed E-state index contributed by atoms with van der Waals surface area (Å²) in [5.74, 6) is 1.18. The predicted molar refractivity (Wildman–Crippen MR) is 66.6 cm³/mol. The van der Waals surface area contributed by atoms with E-state index in [0.717, 1.165) is 0 Å². The molecule has 0 saturated carbocycles. The van der Waals surface area contributed by atoms with Crippen molar-refractivity contribution in [2.24, 2.45) is 11.8 Å². The normalized spacial score (nSPS) is 16.1. The minimum atomic E-state index is -0.113. The minimum absolute atomic E-state index is 0.0761. The van der Waals surface area contributed by atoms with E-state index in [2.05, 4.69) is 34.6 Å². The summed E-state index contributed by atoms with van der Waals surface area (Å²) < 4.78 is 11.0. The molecule has 0 radical (unpaired) electrons. The highest BCUT2D eigenvalue weighted by Crippen LogP contribution is 2.29. The van der Waals surface area contributed by atoms with E-state index in [4.69, 9.17) is 14.6 Å². The van der Waals surface area contributed by atoms with Gasteiger partial charge in [-0.15, -0.1) is 0 Å². The van der Waals surface area contributed by atoms with Gasteiger partial charge in [-0.3, -0.25) is 0 Å². The van der Waals surface area contributed by atoms with Crippen LogP contribution in [0, 0.1) is 11.8 Å². The predicted octanol–water partition coefficient (Wildman–Crippen LogP) is 2.47. The van der Waals surface area contributed by atoms with Gasteiger partial charge in [0.05, 0.1) is 32.0 Å². The van der Waals surface area contributed by atoms with Gasteiger partial charge in [0.2, 0.25) is 0 Å². The third-order valence-electron chi connectivity index (χ3n) is 3.53. The van der Waals surface area contributed by atoms with Gasteiger partial charge < -0.3 is 14.6 Å². The maximum atomic E-state index is 8.55. The summed E-state index contributed by atoms with van der Waals surface area (Å²) in [4.78, 5) is 0. The van der Waals surface area contributed by atoms with Crippen molar-refractivity contribution in [2.45, 2.75) is 46.6 Å². The Balaban J connectivity index is 3.85. The molecule has 0 amide bonds. The van der Waals surface area contributed by atoms with E-state index in [0.29, 0.717) is 31.7 Å². The van der Waals surface area contributed by atoms with E-state index in [9.17, 15) is 0 Å². The monoisotopic (exact) mass is 232 g/mol. The van der Waals surface area contributed by atoms with Gasteiger partial charge in [0, 0.05) is 0 Å². The number of hydrogen-bond donors (Lipinski definition) is 1. The van der Waals surface area contributed by atoms with Crippen LogP contribution in [0.4, 0.5) is 0 Å². The van der Waals surface area contributed by atoms with Crippen LogP contribution >= 0.6 is 0 Å². The number of hydrogen-bond acceptors (Lipinski definition) is 3. The van der Waals surface area contributed by atoms with E-state index in [1.807, 2.05) is 0 Å². The summed E-state index contributed by atoms with van der Waals surface area (Å²) in [5, 5.41) is 8.55. The van der Waals surface area contributed by atoms with Crippen molar-refractivity contribution in [1.82, 2.24) is 0 Å². The van der Waals surface area contributed by atoms with Gasteiger partial charge in [0.1, 0.15) is 0 Å². The van der Waals surface area contributed by atoms with Crippen LogP contribution in [-0.4, -0.2) is 37.1 Å². The van der Waals surface area contributed by atoms with Crippen molar-refractivity contribution in [1.29, 1.82) is 0 Å². The average molecular weight is 232 g/mol. The quantitative estimate of drug-likeness (QED) is 0.621. The zero-order valence-electron chi connectivity index (χ0n) is 11.5. The van der Waals surface area contributed by atoms with Crippen LogP contribution in [0.15, 0.2) is 0 Å². The molecule has 0 heterocycles. The molecule has 0 aromatic rings. The molecule has 0 aliphatic heterocycles. The highest BCUT2D eigenvalue weighted by atomic mass is 16.5. The number of ether oxygens (including phenoxy) is 2. The van der Waals surface area contributed by atoms with Crippen molar-refractivity contribution in [3.63, 3.8) is 0 Å². The Kier molecular flexibility index (Phi) is 7.98. The van der Waals surface area contributed by atoms with Gasteiger partial charge in [-0.2, -0.15) is 0 Å². The Hall–Kier alpha value is -0.120. The highest BCUT2D eigenvalue weighted by Gasteiger charge is 2.29. The largest absolute Gasteiger partial charge is 0.394 e. The molecule has 3 heteroatoms. The summed E-state index contributed by atoms with van der Waals surface area (Å²) in [6.45, 7) is 12.6. The molecule has 0 aliphatic carbocycles. The molecule has 0 fully saturated rings. The summed E-state index contributed by atoms with van der Waals surface area (Å²) in [5.41, 5.74) is -0.113. The zero-order valence-corrected chi connectivity index (χ0v) is 11.5. The number of aliphatic hydroxyl groups is 1. The van der Waals surface area contributed by atoms with E-state index in [1.54, 1.807) is 0 Å². The first-order valence-corrected chi connectivity index (χ1v) is 6.28. The minimum Gasteiger partial charge on any atom is -0.394 e. The third-order valence-corrected chi connectivity index (χ3v) is 3.53. The van der Waals surface area contributed by atoms with Crippen molar-refractivity contribution in [2.75, 3.05) is 26.4 Å². The molecule has 2 atom stereocenters. The molecule has 0 saturated heterocycles. The molecule has 98 valence electrons. The second-order valence-electron chi connectivity index (χ2n) is 4.96. The molecule has 16 heavy (non-hydrogen) atoms. The highest BCUT2D eigenvalue weighted by molar-refractivity contribution is 4.79. The van der Waals surface area contributed by atoms with E-state index < -0.39 is 0 Å². The van der Waals surface area contributed by atoms with Crippen LogP contribution in [0.5, 0.6) is 0 Å². The lowest BCUT2D eigenvalue weighted by Crippen LogP contribution is -2.37. The maximum Gasteiger partial charge on any atom is 0.0707 e. The van der Waals surface area contributed by atoms with Gasteiger partial charge in [-0.05, 0) is 25.7 Å². The maximum absolute atomic E-state index is 8.55. The van der Waals surface area contributed by atoms with Crippen LogP contribution < -0.4 is 0 Å². The number of rotatable bonds is 9. The fourth-order valence-corrected chi connectivity index (χ4v) is 1.70. The fourth-order valence-electron chi connectivity index (χ4n) is 1.70. The first kappa shape index (κ1) is 15.9. The Morgan fingerprint density at radius 2 is 1.75 bits per heavy atom. The van der Waals surface area contributed by atoms with Gasteiger partial charge >= 0.3 is 0 Å². The van der Waals surface area contributed by atoms with Gasteiger partial charge in [0.25, 0.3) is 0 Å². The molecular formula is C13H28O3. The topological polar surface area (TPSA) is 38.7 Å².